The molecule has 0 aliphatic heterocycles. The van der Waals surface area contributed by atoms with Crippen molar-refractivity contribution in [1.82, 2.24) is 5.32 Å². The minimum absolute atomic E-state index is 0.187. The Bertz CT molecular complexity index is 739. The summed E-state index contributed by atoms with van der Waals surface area (Å²) in [7, 11) is 0. The van der Waals surface area contributed by atoms with Gasteiger partial charge in [-0.3, -0.25) is 4.79 Å². The topological polar surface area (TPSA) is 116 Å². The van der Waals surface area contributed by atoms with Crippen molar-refractivity contribution in [3.05, 3.63) is 42.5 Å². The smallest absolute Gasteiger partial charge is 0.326 e. The Morgan fingerprint density at radius 3 is 2.39 bits per heavy atom. The number of rotatable bonds is 6. The summed E-state index contributed by atoms with van der Waals surface area (Å²) >= 11 is 0. The van der Waals surface area contributed by atoms with E-state index in [1.807, 2.05) is 30.3 Å². The fourth-order valence-electron chi connectivity index (χ4n) is 2.18. The van der Waals surface area contributed by atoms with Gasteiger partial charge in [-0.2, -0.15) is 0 Å². The Hall–Kier alpha value is -3.09. The van der Waals surface area contributed by atoms with E-state index in [0.717, 1.165) is 10.8 Å². The number of carbonyl (C=O) groups is 3. The van der Waals surface area contributed by atoms with Crippen LogP contribution in [0.2, 0.25) is 0 Å². The SMILES string of the molecule is O=C(O)CCC(NC(=O)Nc1cccc2ccccc12)C(=O)O. The zero-order valence-corrected chi connectivity index (χ0v) is 12.2. The molecule has 0 bridgehead atoms. The fourth-order valence-corrected chi connectivity index (χ4v) is 2.18. The minimum Gasteiger partial charge on any atom is -0.481 e. The van der Waals surface area contributed by atoms with Gasteiger partial charge in [0.15, 0.2) is 0 Å². The van der Waals surface area contributed by atoms with E-state index in [-0.39, 0.29) is 12.8 Å². The Morgan fingerprint density at radius 1 is 1.00 bits per heavy atom. The molecule has 2 rings (SSSR count). The summed E-state index contributed by atoms with van der Waals surface area (Å²) in [6.45, 7) is 0. The van der Waals surface area contributed by atoms with Crippen LogP contribution in [0.1, 0.15) is 12.8 Å². The molecule has 0 saturated heterocycles. The molecule has 7 heteroatoms. The molecule has 120 valence electrons. The third-order valence-corrected chi connectivity index (χ3v) is 3.29. The van der Waals surface area contributed by atoms with Crippen molar-refractivity contribution in [3.63, 3.8) is 0 Å². The standard InChI is InChI=1S/C16H16N2O5/c19-14(20)9-8-13(15(21)22)18-16(23)17-12-7-3-5-10-4-1-2-6-11(10)12/h1-7,13H,8-9H2,(H,19,20)(H,21,22)(H2,17,18,23). The highest BCUT2D eigenvalue weighted by molar-refractivity contribution is 6.02. The van der Waals surface area contributed by atoms with E-state index in [0.29, 0.717) is 5.69 Å². The maximum absolute atomic E-state index is 12.0. The molecular formula is C16H16N2O5. The van der Waals surface area contributed by atoms with Crippen LogP contribution >= 0.6 is 0 Å². The zero-order valence-electron chi connectivity index (χ0n) is 12.2. The number of hydrogen-bond donors (Lipinski definition) is 4. The number of fused-ring (bicyclic) bond motifs is 1. The maximum atomic E-state index is 12.0. The molecule has 0 fully saturated rings. The molecule has 0 aliphatic rings. The molecule has 4 N–H and O–H groups in total. The van der Waals surface area contributed by atoms with Gasteiger partial charge in [0.2, 0.25) is 0 Å². The highest BCUT2D eigenvalue weighted by Gasteiger charge is 2.21. The van der Waals surface area contributed by atoms with Gasteiger partial charge < -0.3 is 20.8 Å². The third-order valence-electron chi connectivity index (χ3n) is 3.29. The number of amides is 2. The molecule has 7 nitrogen and oxygen atoms in total. The lowest BCUT2D eigenvalue weighted by Crippen LogP contribution is -2.43. The second kappa shape index (κ2) is 7.26. The lowest BCUT2D eigenvalue weighted by atomic mass is 10.1. The summed E-state index contributed by atoms with van der Waals surface area (Å²) in [5.41, 5.74) is 0.544. The molecule has 2 aromatic carbocycles. The average molecular weight is 316 g/mol. The largest absolute Gasteiger partial charge is 0.481 e. The quantitative estimate of drug-likeness (QED) is 0.652. The van der Waals surface area contributed by atoms with Crippen molar-refractivity contribution in [2.75, 3.05) is 5.32 Å². The highest BCUT2D eigenvalue weighted by Crippen LogP contribution is 2.22. The normalized spacial score (nSPS) is 11.7. The second-order valence-corrected chi connectivity index (χ2v) is 4.95. The monoisotopic (exact) mass is 316 g/mol. The van der Waals surface area contributed by atoms with E-state index in [4.69, 9.17) is 10.2 Å². The van der Waals surface area contributed by atoms with Gasteiger partial charge in [-0.1, -0.05) is 36.4 Å². The zero-order chi connectivity index (χ0) is 16.8. The van der Waals surface area contributed by atoms with Crippen LogP contribution in [0, 0.1) is 0 Å². The van der Waals surface area contributed by atoms with Crippen molar-refractivity contribution in [2.45, 2.75) is 18.9 Å². The first-order chi connectivity index (χ1) is 11.0. The summed E-state index contributed by atoms with van der Waals surface area (Å²) in [5.74, 6) is -2.40. The van der Waals surface area contributed by atoms with E-state index < -0.39 is 24.0 Å². The van der Waals surface area contributed by atoms with Crippen LogP contribution in [-0.4, -0.2) is 34.2 Å². The van der Waals surface area contributed by atoms with Crippen LogP contribution in [0.4, 0.5) is 10.5 Å². The van der Waals surface area contributed by atoms with Crippen LogP contribution in [0.3, 0.4) is 0 Å². The molecule has 0 heterocycles. The van der Waals surface area contributed by atoms with Crippen LogP contribution in [0.15, 0.2) is 42.5 Å². The van der Waals surface area contributed by atoms with Crippen molar-refractivity contribution in [1.29, 1.82) is 0 Å². The van der Waals surface area contributed by atoms with Crippen molar-refractivity contribution < 1.29 is 24.6 Å². The van der Waals surface area contributed by atoms with E-state index >= 15 is 0 Å². The van der Waals surface area contributed by atoms with Gasteiger partial charge in [-0.05, 0) is 17.9 Å². The fraction of sp³-hybridized carbons (Fsp3) is 0.188. The summed E-state index contributed by atoms with van der Waals surface area (Å²) in [5, 5.41) is 24.3. The molecule has 23 heavy (non-hydrogen) atoms. The highest BCUT2D eigenvalue weighted by atomic mass is 16.4. The van der Waals surface area contributed by atoms with E-state index in [1.54, 1.807) is 12.1 Å². The second-order valence-electron chi connectivity index (χ2n) is 4.95. The Labute approximate surface area is 131 Å². The van der Waals surface area contributed by atoms with Gasteiger partial charge in [0, 0.05) is 11.8 Å². The molecule has 2 amide bonds. The van der Waals surface area contributed by atoms with Crippen LogP contribution in [0.5, 0.6) is 0 Å². The number of carbonyl (C=O) groups excluding carboxylic acids is 1. The van der Waals surface area contributed by atoms with E-state index in [2.05, 4.69) is 10.6 Å². The molecule has 0 aromatic heterocycles. The van der Waals surface area contributed by atoms with Gasteiger partial charge in [0.1, 0.15) is 6.04 Å². The first kappa shape index (κ1) is 16.3. The van der Waals surface area contributed by atoms with E-state index in [1.165, 1.54) is 0 Å². The number of carboxylic acids is 2. The Morgan fingerprint density at radius 2 is 1.70 bits per heavy atom. The Kier molecular flexibility index (Phi) is 5.14. The van der Waals surface area contributed by atoms with E-state index in [9.17, 15) is 14.4 Å². The lowest BCUT2D eigenvalue weighted by Gasteiger charge is -2.15. The number of hydrogen-bond acceptors (Lipinski definition) is 3. The van der Waals surface area contributed by atoms with Gasteiger partial charge in [-0.15, -0.1) is 0 Å². The van der Waals surface area contributed by atoms with Crippen LogP contribution in [-0.2, 0) is 9.59 Å². The summed E-state index contributed by atoms with van der Waals surface area (Å²) in [6, 6.07) is 10.9. The first-order valence-corrected chi connectivity index (χ1v) is 6.97. The first-order valence-electron chi connectivity index (χ1n) is 6.97. The summed E-state index contributed by atoms with van der Waals surface area (Å²) < 4.78 is 0. The number of carboxylic acid groups (broad SMARTS) is 2. The molecule has 0 radical (unpaired) electrons. The molecule has 0 aliphatic carbocycles. The molecule has 2 aromatic rings. The molecule has 0 saturated carbocycles. The van der Waals surface area contributed by atoms with Crippen molar-refractivity contribution >= 4 is 34.4 Å². The molecular weight excluding hydrogens is 300 g/mol. The maximum Gasteiger partial charge on any atom is 0.326 e. The van der Waals surface area contributed by atoms with Gasteiger partial charge in [0.05, 0.1) is 5.69 Å². The van der Waals surface area contributed by atoms with Gasteiger partial charge in [0.25, 0.3) is 0 Å². The third kappa shape index (κ3) is 4.44. The predicted octanol–water partition coefficient (Wildman–Crippen LogP) is 2.28. The van der Waals surface area contributed by atoms with Crippen LogP contribution < -0.4 is 10.6 Å². The molecule has 0 spiro atoms. The number of urea groups is 1. The number of anilines is 1. The molecule has 1 atom stereocenters. The number of benzene rings is 2. The lowest BCUT2D eigenvalue weighted by molar-refractivity contribution is -0.140. The van der Waals surface area contributed by atoms with Crippen molar-refractivity contribution in [3.8, 4) is 0 Å². The predicted molar refractivity (Wildman–Crippen MR) is 84.4 cm³/mol. The van der Waals surface area contributed by atoms with Gasteiger partial charge >= 0.3 is 18.0 Å². The number of nitrogens with one attached hydrogen (secondary N) is 2. The minimum atomic E-state index is -1.28. The average Bonchev–Trinajstić information content (AvgIpc) is 2.51. The number of aliphatic carboxylic acids is 2. The Balaban J connectivity index is 2.08. The van der Waals surface area contributed by atoms with Crippen molar-refractivity contribution in [2.24, 2.45) is 0 Å². The summed E-state index contributed by atoms with van der Waals surface area (Å²) in [6.07, 6.45) is -0.529. The summed E-state index contributed by atoms with van der Waals surface area (Å²) in [4.78, 5) is 33.6. The molecule has 1 unspecified atom stereocenters. The van der Waals surface area contributed by atoms with Gasteiger partial charge in [-0.25, -0.2) is 9.59 Å². The van der Waals surface area contributed by atoms with Crippen LogP contribution in [0.25, 0.3) is 10.8 Å².